The molecule has 27 heavy (non-hydrogen) atoms. The third-order valence-electron chi connectivity index (χ3n) is 4.78. The summed E-state index contributed by atoms with van der Waals surface area (Å²) in [6.45, 7) is 11.8. The van der Waals surface area contributed by atoms with Gasteiger partial charge in [0.1, 0.15) is 17.8 Å². The Balaban J connectivity index is 1.93. The minimum atomic E-state index is -0.716. The zero-order chi connectivity index (χ0) is 19.3. The van der Waals surface area contributed by atoms with Crippen molar-refractivity contribution in [2.75, 3.05) is 0 Å². The highest BCUT2D eigenvalue weighted by atomic mass is 16.8. The third kappa shape index (κ3) is 4.30. The minimum Gasteiger partial charge on any atom is -0.364 e. The molecule has 144 valence electrons. The summed E-state index contributed by atoms with van der Waals surface area (Å²) in [5.41, 5.74) is 0.380. The van der Waals surface area contributed by atoms with Crippen LogP contribution in [0.4, 0.5) is 0 Å². The first-order valence-electron chi connectivity index (χ1n) is 9.26. The normalized spacial score (nSPS) is 32.1. The highest BCUT2D eigenvalue weighted by Crippen LogP contribution is 2.47. The number of hydrogen-bond donors (Lipinski definition) is 0. The molecule has 0 spiro atoms. The van der Waals surface area contributed by atoms with E-state index < -0.39 is 17.7 Å². The van der Waals surface area contributed by atoms with Crippen molar-refractivity contribution in [3.63, 3.8) is 0 Å². The average molecular weight is 368 g/mol. The van der Waals surface area contributed by atoms with Crippen LogP contribution >= 0.6 is 0 Å². The molecule has 2 fully saturated rings. The Morgan fingerprint density at radius 1 is 1.07 bits per heavy atom. The van der Waals surface area contributed by atoms with Gasteiger partial charge in [0.15, 0.2) is 12.1 Å². The van der Waals surface area contributed by atoms with Crippen LogP contribution in [0.15, 0.2) is 79.9 Å². The molecule has 2 heterocycles. The number of allylic oxidation sites excluding steroid dienone is 4. The molecule has 0 saturated carbocycles. The molecule has 0 N–H and O–H groups in total. The van der Waals surface area contributed by atoms with Gasteiger partial charge >= 0.3 is 0 Å². The Labute approximate surface area is 161 Å². The molecule has 0 amide bonds. The predicted molar refractivity (Wildman–Crippen MR) is 106 cm³/mol. The van der Waals surface area contributed by atoms with Gasteiger partial charge in [0.25, 0.3) is 0 Å². The Morgan fingerprint density at radius 3 is 2.52 bits per heavy atom. The van der Waals surface area contributed by atoms with E-state index in [1.165, 1.54) is 0 Å². The zero-order valence-corrected chi connectivity index (χ0v) is 16.0. The molecule has 2 aliphatic heterocycles. The monoisotopic (exact) mass is 368 g/mol. The lowest BCUT2D eigenvalue weighted by molar-refractivity contribution is -0.231. The van der Waals surface area contributed by atoms with Gasteiger partial charge in [-0.2, -0.15) is 0 Å². The summed E-state index contributed by atoms with van der Waals surface area (Å²) in [6.07, 6.45) is 10.7. The van der Waals surface area contributed by atoms with E-state index >= 15 is 0 Å². The maximum Gasteiger partial charge on any atom is 0.190 e. The zero-order valence-electron chi connectivity index (χ0n) is 16.0. The molecule has 0 bridgehead atoms. The second-order valence-electron chi connectivity index (χ2n) is 7.20. The molecule has 0 unspecified atom stereocenters. The van der Waals surface area contributed by atoms with Crippen LogP contribution in [-0.4, -0.2) is 29.9 Å². The van der Waals surface area contributed by atoms with Crippen molar-refractivity contribution >= 4 is 0 Å². The van der Waals surface area contributed by atoms with Gasteiger partial charge in [-0.05, 0) is 19.4 Å². The van der Waals surface area contributed by atoms with Crippen LogP contribution in [0.1, 0.15) is 25.8 Å². The lowest BCUT2D eigenvalue weighted by Gasteiger charge is -2.36. The van der Waals surface area contributed by atoms with Gasteiger partial charge in [-0.15, -0.1) is 0 Å². The van der Waals surface area contributed by atoms with Gasteiger partial charge in [0, 0.05) is 6.42 Å². The van der Waals surface area contributed by atoms with Crippen molar-refractivity contribution in [1.82, 2.24) is 0 Å². The fourth-order valence-electron chi connectivity index (χ4n) is 3.57. The highest BCUT2D eigenvalue weighted by Gasteiger charge is 2.63. The van der Waals surface area contributed by atoms with Crippen molar-refractivity contribution in [1.29, 1.82) is 0 Å². The van der Waals surface area contributed by atoms with Crippen LogP contribution in [0.5, 0.6) is 0 Å². The number of fused-ring (bicyclic) bond motifs is 1. The molecule has 2 saturated heterocycles. The molecule has 4 nitrogen and oxygen atoms in total. The van der Waals surface area contributed by atoms with Crippen LogP contribution in [0, 0.1) is 0 Å². The lowest BCUT2D eigenvalue weighted by atomic mass is 9.87. The average Bonchev–Trinajstić information content (AvgIpc) is 3.10. The molecule has 2 aliphatic rings. The first-order valence-corrected chi connectivity index (χ1v) is 9.26. The minimum absolute atomic E-state index is 0.320. The Morgan fingerprint density at radius 2 is 1.81 bits per heavy atom. The maximum atomic E-state index is 6.54. The van der Waals surface area contributed by atoms with Crippen LogP contribution in [0.25, 0.3) is 0 Å². The van der Waals surface area contributed by atoms with E-state index in [2.05, 4.69) is 13.2 Å². The molecule has 1 aromatic carbocycles. The standard InChI is InChI=1S/C23H28O4/c1-5-7-12-16-23(24-17-18-13-10-9-11-14-18)19(15-8-6-2)25-21-20(23)26-22(3,4)27-21/h5-15,19-21H,1-2,16-17H2,3-4H3/b12-7+,15-8+/t19-,20+,21-,23-/m1/s1. The molecular formula is C23H28O4. The molecule has 4 atom stereocenters. The van der Waals surface area contributed by atoms with Crippen molar-refractivity contribution in [3.8, 4) is 0 Å². The summed E-state index contributed by atoms with van der Waals surface area (Å²) in [5, 5.41) is 0. The Kier molecular flexibility index (Phi) is 6.12. The number of rotatable bonds is 8. The molecule has 3 rings (SSSR count). The van der Waals surface area contributed by atoms with E-state index in [9.17, 15) is 0 Å². The van der Waals surface area contributed by atoms with Crippen LogP contribution in [-0.2, 0) is 25.6 Å². The highest BCUT2D eigenvalue weighted by molar-refractivity contribution is 5.20. The topological polar surface area (TPSA) is 36.9 Å². The van der Waals surface area contributed by atoms with Gasteiger partial charge in [-0.3, -0.25) is 0 Å². The van der Waals surface area contributed by atoms with Crippen molar-refractivity contribution in [2.24, 2.45) is 0 Å². The van der Waals surface area contributed by atoms with E-state index in [0.717, 1.165) is 5.56 Å². The van der Waals surface area contributed by atoms with Gasteiger partial charge in [-0.25, -0.2) is 0 Å². The van der Waals surface area contributed by atoms with Crippen molar-refractivity contribution < 1.29 is 18.9 Å². The summed E-state index contributed by atoms with van der Waals surface area (Å²) in [6, 6.07) is 10.1. The summed E-state index contributed by atoms with van der Waals surface area (Å²) in [7, 11) is 0. The van der Waals surface area contributed by atoms with E-state index in [1.807, 2.05) is 68.5 Å². The fourth-order valence-corrected chi connectivity index (χ4v) is 3.57. The molecule has 4 heteroatoms. The van der Waals surface area contributed by atoms with E-state index in [0.29, 0.717) is 13.0 Å². The third-order valence-corrected chi connectivity index (χ3v) is 4.78. The SMILES string of the molecule is C=C/C=C/C[C@@]1(OCc2ccccc2)[C@@H](/C=C/C=C)O[C@@H]2OC(C)(C)O[C@@H]21. The largest absolute Gasteiger partial charge is 0.364 e. The lowest BCUT2D eigenvalue weighted by Crippen LogP contribution is -2.50. The second-order valence-corrected chi connectivity index (χ2v) is 7.20. The summed E-state index contributed by atoms with van der Waals surface area (Å²) in [5.74, 6) is -0.716. The molecule has 0 radical (unpaired) electrons. The number of benzene rings is 1. The summed E-state index contributed by atoms with van der Waals surface area (Å²) in [4.78, 5) is 0. The first kappa shape index (κ1) is 19.8. The van der Waals surface area contributed by atoms with Gasteiger partial charge in [-0.1, -0.05) is 79.9 Å². The van der Waals surface area contributed by atoms with Crippen molar-refractivity contribution in [2.45, 2.75) is 56.8 Å². The summed E-state index contributed by atoms with van der Waals surface area (Å²) < 4.78 is 24.9. The second kappa shape index (κ2) is 8.36. The van der Waals surface area contributed by atoms with E-state index in [-0.39, 0.29) is 12.2 Å². The Hall–Kier alpha value is -1.98. The van der Waals surface area contributed by atoms with E-state index in [1.54, 1.807) is 12.2 Å². The molecule has 1 aromatic rings. The van der Waals surface area contributed by atoms with Crippen LogP contribution in [0.2, 0.25) is 0 Å². The Bertz CT molecular complexity index is 706. The number of hydrogen-bond acceptors (Lipinski definition) is 4. The maximum absolute atomic E-state index is 6.54. The summed E-state index contributed by atoms with van der Waals surface area (Å²) >= 11 is 0. The molecule has 0 aromatic heterocycles. The van der Waals surface area contributed by atoms with Crippen LogP contribution in [0.3, 0.4) is 0 Å². The van der Waals surface area contributed by atoms with Crippen molar-refractivity contribution in [3.05, 3.63) is 85.5 Å². The first-order chi connectivity index (χ1) is 13.0. The number of ether oxygens (including phenoxy) is 4. The smallest absolute Gasteiger partial charge is 0.190 e. The van der Waals surface area contributed by atoms with Crippen LogP contribution < -0.4 is 0 Å². The van der Waals surface area contributed by atoms with Gasteiger partial charge < -0.3 is 18.9 Å². The quantitative estimate of drug-likeness (QED) is 0.624. The van der Waals surface area contributed by atoms with E-state index in [4.69, 9.17) is 18.9 Å². The molecule has 0 aliphatic carbocycles. The predicted octanol–water partition coefficient (Wildman–Crippen LogP) is 4.69. The molecular weight excluding hydrogens is 340 g/mol. The fraction of sp³-hybridized carbons (Fsp3) is 0.391. The van der Waals surface area contributed by atoms with Gasteiger partial charge in [0.05, 0.1) is 6.61 Å². The van der Waals surface area contributed by atoms with Gasteiger partial charge in [0.2, 0.25) is 0 Å².